The van der Waals surface area contributed by atoms with Gasteiger partial charge in [0.2, 0.25) is 0 Å². The highest BCUT2D eigenvalue weighted by molar-refractivity contribution is 6.09. The monoisotopic (exact) mass is 228 g/mol. The van der Waals surface area contributed by atoms with Crippen molar-refractivity contribution in [3.8, 4) is 0 Å². The predicted molar refractivity (Wildman–Crippen MR) is 69.7 cm³/mol. The van der Waals surface area contributed by atoms with E-state index in [4.69, 9.17) is 4.42 Å². The van der Waals surface area contributed by atoms with Crippen LogP contribution in [0.15, 0.2) is 33.9 Å². The highest BCUT2D eigenvalue weighted by Crippen LogP contribution is 2.26. The van der Waals surface area contributed by atoms with E-state index >= 15 is 0 Å². The third kappa shape index (κ3) is 1.71. The van der Waals surface area contributed by atoms with Crippen LogP contribution in [0.4, 0.5) is 0 Å². The molecule has 1 aliphatic rings. The van der Waals surface area contributed by atoms with Gasteiger partial charge < -0.3 is 9.73 Å². The Morgan fingerprint density at radius 1 is 1.35 bits per heavy atom. The van der Waals surface area contributed by atoms with Crippen molar-refractivity contribution in [1.82, 2.24) is 5.32 Å². The zero-order chi connectivity index (χ0) is 11.8. The molecule has 1 aromatic heterocycles. The van der Waals surface area contributed by atoms with Crippen molar-refractivity contribution in [3.63, 3.8) is 0 Å². The third-order valence-corrected chi connectivity index (χ3v) is 3.19. The Kier molecular flexibility index (Phi) is 2.39. The molecule has 3 heteroatoms. The van der Waals surface area contributed by atoms with Crippen LogP contribution >= 0.6 is 0 Å². The number of hydrogen-bond donors (Lipinski definition) is 1. The van der Waals surface area contributed by atoms with Gasteiger partial charge in [0.1, 0.15) is 17.7 Å². The number of nitrogens with zero attached hydrogens (tertiary/aromatic N) is 1. The van der Waals surface area contributed by atoms with Crippen LogP contribution < -0.4 is 5.32 Å². The molecule has 0 radical (unpaired) electrons. The Balaban J connectivity index is 2.15. The minimum Gasteiger partial charge on any atom is -0.464 e. The van der Waals surface area contributed by atoms with Crippen LogP contribution in [0.5, 0.6) is 0 Å². The number of nitrogens with one attached hydrogen (secondary N) is 1. The van der Waals surface area contributed by atoms with Gasteiger partial charge in [-0.1, -0.05) is 19.9 Å². The number of amidine groups is 1. The van der Waals surface area contributed by atoms with Crippen LogP contribution in [0.3, 0.4) is 0 Å². The van der Waals surface area contributed by atoms with Crippen LogP contribution in [0.1, 0.15) is 30.9 Å². The SMILES string of the molecule is CC(C)c1ccc2occ(C3=NCCN3)c2c1. The van der Waals surface area contributed by atoms with Crippen molar-refractivity contribution in [1.29, 1.82) is 0 Å². The molecule has 0 aliphatic carbocycles. The van der Waals surface area contributed by atoms with Crippen molar-refractivity contribution in [2.45, 2.75) is 19.8 Å². The van der Waals surface area contributed by atoms with Gasteiger partial charge >= 0.3 is 0 Å². The average molecular weight is 228 g/mol. The molecule has 0 fully saturated rings. The molecular formula is C14H16N2O. The quantitative estimate of drug-likeness (QED) is 0.858. The molecule has 0 bridgehead atoms. The Morgan fingerprint density at radius 2 is 2.24 bits per heavy atom. The van der Waals surface area contributed by atoms with Gasteiger partial charge in [-0.3, -0.25) is 4.99 Å². The summed E-state index contributed by atoms with van der Waals surface area (Å²) in [6.07, 6.45) is 1.80. The summed E-state index contributed by atoms with van der Waals surface area (Å²) in [5.41, 5.74) is 3.35. The van der Waals surface area contributed by atoms with E-state index in [1.807, 2.05) is 6.07 Å². The van der Waals surface area contributed by atoms with Crippen molar-refractivity contribution >= 4 is 16.8 Å². The molecule has 0 unspecified atom stereocenters. The fourth-order valence-corrected chi connectivity index (χ4v) is 2.17. The lowest BCUT2D eigenvalue weighted by molar-refractivity contribution is 0.614. The first-order chi connectivity index (χ1) is 8.25. The minimum absolute atomic E-state index is 0.528. The molecule has 88 valence electrons. The zero-order valence-electron chi connectivity index (χ0n) is 10.2. The molecule has 3 rings (SSSR count). The van der Waals surface area contributed by atoms with Crippen molar-refractivity contribution in [2.24, 2.45) is 4.99 Å². The second-order valence-electron chi connectivity index (χ2n) is 4.72. The number of fused-ring (bicyclic) bond motifs is 1. The van der Waals surface area contributed by atoms with Crippen molar-refractivity contribution in [2.75, 3.05) is 13.1 Å². The lowest BCUT2D eigenvalue weighted by atomic mass is 10.0. The second kappa shape index (κ2) is 3.91. The van der Waals surface area contributed by atoms with Gasteiger partial charge in [0, 0.05) is 11.9 Å². The largest absolute Gasteiger partial charge is 0.464 e. The molecule has 0 saturated carbocycles. The average Bonchev–Trinajstić information content (AvgIpc) is 2.96. The third-order valence-electron chi connectivity index (χ3n) is 3.19. The molecule has 0 atom stereocenters. The van der Waals surface area contributed by atoms with E-state index in [-0.39, 0.29) is 0 Å². The molecule has 2 aromatic rings. The maximum Gasteiger partial charge on any atom is 0.134 e. The van der Waals surface area contributed by atoms with Gasteiger partial charge in [-0.15, -0.1) is 0 Å². The van der Waals surface area contributed by atoms with Gasteiger partial charge in [-0.2, -0.15) is 0 Å². The predicted octanol–water partition coefficient (Wildman–Crippen LogP) is 2.91. The first-order valence-corrected chi connectivity index (χ1v) is 6.05. The topological polar surface area (TPSA) is 37.5 Å². The Morgan fingerprint density at radius 3 is 2.94 bits per heavy atom. The summed E-state index contributed by atoms with van der Waals surface area (Å²) in [5.74, 6) is 1.49. The highest BCUT2D eigenvalue weighted by atomic mass is 16.3. The van der Waals surface area contributed by atoms with E-state index in [1.165, 1.54) is 5.56 Å². The van der Waals surface area contributed by atoms with Crippen molar-refractivity contribution in [3.05, 3.63) is 35.6 Å². The zero-order valence-corrected chi connectivity index (χ0v) is 10.2. The Hall–Kier alpha value is -1.77. The number of furan rings is 1. The standard InChI is InChI=1S/C14H16N2O/c1-9(2)10-3-4-13-11(7-10)12(8-17-13)14-15-5-6-16-14/h3-4,7-9H,5-6H2,1-2H3,(H,15,16). The van der Waals surface area contributed by atoms with Crippen LogP contribution in [0.25, 0.3) is 11.0 Å². The molecule has 3 nitrogen and oxygen atoms in total. The van der Waals surface area contributed by atoms with Crippen LogP contribution in [0, 0.1) is 0 Å². The summed E-state index contributed by atoms with van der Waals surface area (Å²) >= 11 is 0. The molecule has 0 spiro atoms. The number of hydrogen-bond acceptors (Lipinski definition) is 3. The smallest absolute Gasteiger partial charge is 0.134 e. The fourth-order valence-electron chi connectivity index (χ4n) is 2.17. The fraction of sp³-hybridized carbons (Fsp3) is 0.357. The summed E-state index contributed by atoms with van der Waals surface area (Å²) in [5, 5.41) is 4.45. The second-order valence-corrected chi connectivity index (χ2v) is 4.72. The Bertz CT molecular complexity index is 581. The van der Waals surface area contributed by atoms with Gasteiger partial charge in [-0.05, 0) is 23.6 Å². The maximum absolute atomic E-state index is 5.58. The highest BCUT2D eigenvalue weighted by Gasteiger charge is 2.15. The van der Waals surface area contributed by atoms with Gasteiger partial charge in [0.05, 0.1) is 12.1 Å². The molecule has 1 aromatic carbocycles. The van der Waals surface area contributed by atoms with E-state index in [1.54, 1.807) is 6.26 Å². The molecular weight excluding hydrogens is 212 g/mol. The van der Waals surface area contributed by atoms with Crippen LogP contribution in [0.2, 0.25) is 0 Å². The molecule has 0 saturated heterocycles. The molecule has 2 heterocycles. The van der Waals surface area contributed by atoms with E-state index in [0.29, 0.717) is 5.92 Å². The van der Waals surface area contributed by atoms with E-state index in [0.717, 1.165) is 35.5 Å². The first kappa shape index (κ1) is 10.4. The van der Waals surface area contributed by atoms with Gasteiger partial charge in [0.15, 0.2) is 0 Å². The van der Waals surface area contributed by atoms with Gasteiger partial charge in [-0.25, -0.2) is 0 Å². The van der Waals surface area contributed by atoms with E-state index in [9.17, 15) is 0 Å². The van der Waals surface area contributed by atoms with Gasteiger partial charge in [0.25, 0.3) is 0 Å². The molecule has 1 N–H and O–H groups in total. The number of rotatable bonds is 2. The van der Waals surface area contributed by atoms with E-state index < -0.39 is 0 Å². The molecule has 0 amide bonds. The Labute approximate surface area is 101 Å². The van der Waals surface area contributed by atoms with Crippen molar-refractivity contribution < 1.29 is 4.42 Å². The summed E-state index contributed by atoms with van der Waals surface area (Å²) in [6.45, 7) is 6.18. The molecule has 17 heavy (non-hydrogen) atoms. The summed E-state index contributed by atoms with van der Waals surface area (Å²) in [4.78, 5) is 4.45. The maximum atomic E-state index is 5.58. The summed E-state index contributed by atoms with van der Waals surface area (Å²) < 4.78 is 5.58. The summed E-state index contributed by atoms with van der Waals surface area (Å²) in [6, 6.07) is 6.38. The first-order valence-electron chi connectivity index (χ1n) is 6.05. The normalized spacial score (nSPS) is 15.4. The lowest BCUT2D eigenvalue weighted by Gasteiger charge is -2.05. The number of benzene rings is 1. The van der Waals surface area contributed by atoms with E-state index in [2.05, 4.69) is 36.3 Å². The lowest BCUT2D eigenvalue weighted by Crippen LogP contribution is -2.18. The van der Waals surface area contributed by atoms with Crippen LogP contribution in [-0.2, 0) is 0 Å². The van der Waals surface area contributed by atoms with Crippen LogP contribution in [-0.4, -0.2) is 18.9 Å². The summed E-state index contributed by atoms with van der Waals surface area (Å²) in [7, 11) is 0. The number of aliphatic imine (C=N–C) groups is 1. The molecule has 1 aliphatic heterocycles. The minimum atomic E-state index is 0.528.